The Labute approximate surface area is 101 Å². The van der Waals surface area contributed by atoms with E-state index in [0.717, 1.165) is 25.5 Å². The highest BCUT2D eigenvalue weighted by atomic mass is 16.5. The highest BCUT2D eigenvalue weighted by Gasteiger charge is 2.32. The number of ether oxygens (including phenoxy) is 1. The van der Waals surface area contributed by atoms with Crippen LogP contribution < -0.4 is 5.73 Å². The zero-order valence-electron chi connectivity index (χ0n) is 11.3. The molecule has 1 rings (SSSR count). The van der Waals surface area contributed by atoms with E-state index in [0.29, 0.717) is 11.5 Å². The van der Waals surface area contributed by atoms with Gasteiger partial charge in [-0.25, -0.2) is 0 Å². The standard InChI is InChI=1S/C14H29NO/c1-12-9-13(11-14(2,3)10-12)16-8-6-4-5-7-15/h12-13H,4-11,15H2,1-3H3. The zero-order valence-corrected chi connectivity index (χ0v) is 11.3. The van der Waals surface area contributed by atoms with Crippen molar-refractivity contribution in [3.8, 4) is 0 Å². The van der Waals surface area contributed by atoms with Crippen LogP contribution in [0, 0.1) is 11.3 Å². The highest BCUT2D eigenvalue weighted by molar-refractivity contribution is 4.83. The molecule has 1 aliphatic rings. The Morgan fingerprint density at radius 2 is 1.94 bits per heavy atom. The Hall–Kier alpha value is -0.0800. The number of hydrogen-bond acceptors (Lipinski definition) is 2. The van der Waals surface area contributed by atoms with Crippen LogP contribution in [0.1, 0.15) is 59.3 Å². The van der Waals surface area contributed by atoms with Crippen molar-refractivity contribution in [2.24, 2.45) is 17.1 Å². The van der Waals surface area contributed by atoms with Crippen molar-refractivity contribution >= 4 is 0 Å². The minimum absolute atomic E-state index is 0.472. The quantitative estimate of drug-likeness (QED) is 0.706. The molecule has 0 aliphatic heterocycles. The normalized spacial score (nSPS) is 29.2. The van der Waals surface area contributed by atoms with Crippen molar-refractivity contribution in [1.29, 1.82) is 0 Å². The van der Waals surface area contributed by atoms with Gasteiger partial charge in [0.05, 0.1) is 6.10 Å². The third kappa shape index (κ3) is 5.31. The van der Waals surface area contributed by atoms with E-state index in [-0.39, 0.29) is 0 Å². The van der Waals surface area contributed by atoms with Crippen LogP contribution in [0.25, 0.3) is 0 Å². The number of nitrogens with two attached hydrogens (primary N) is 1. The molecule has 1 aliphatic carbocycles. The second-order valence-corrected chi connectivity index (χ2v) is 6.26. The van der Waals surface area contributed by atoms with Crippen molar-refractivity contribution in [3.63, 3.8) is 0 Å². The van der Waals surface area contributed by atoms with Crippen LogP contribution in [0.15, 0.2) is 0 Å². The summed E-state index contributed by atoms with van der Waals surface area (Å²) in [4.78, 5) is 0. The molecule has 1 saturated carbocycles. The van der Waals surface area contributed by atoms with Crippen LogP contribution in [0.4, 0.5) is 0 Å². The van der Waals surface area contributed by atoms with Crippen LogP contribution in [0.5, 0.6) is 0 Å². The molecule has 0 aromatic carbocycles. The van der Waals surface area contributed by atoms with E-state index in [1.54, 1.807) is 0 Å². The van der Waals surface area contributed by atoms with E-state index in [4.69, 9.17) is 10.5 Å². The molecule has 0 bridgehead atoms. The first-order chi connectivity index (χ1) is 7.53. The van der Waals surface area contributed by atoms with E-state index >= 15 is 0 Å². The molecule has 2 nitrogen and oxygen atoms in total. The van der Waals surface area contributed by atoms with Gasteiger partial charge in [-0.2, -0.15) is 0 Å². The third-order valence-corrected chi connectivity index (χ3v) is 3.55. The van der Waals surface area contributed by atoms with Crippen molar-refractivity contribution < 1.29 is 4.74 Å². The van der Waals surface area contributed by atoms with Crippen molar-refractivity contribution in [3.05, 3.63) is 0 Å². The molecular formula is C14H29NO. The van der Waals surface area contributed by atoms with Crippen LogP contribution in [-0.4, -0.2) is 19.3 Å². The van der Waals surface area contributed by atoms with Gasteiger partial charge in [0.2, 0.25) is 0 Å². The maximum absolute atomic E-state index is 5.99. The largest absolute Gasteiger partial charge is 0.378 e. The summed E-state index contributed by atoms with van der Waals surface area (Å²) in [7, 11) is 0. The summed E-state index contributed by atoms with van der Waals surface area (Å²) in [6.07, 6.45) is 7.84. The average molecular weight is 227 g/mol. The van der Waals surface area contributed by atoms with Gasteiger partial charge in [-0.15, -0.1) is 0 Å². The minimum atomic E-state index is 0.472. The fourth-order valence-corrected chi connectivity index (χ4v) is 3.06. The molecule has 96 valence electrons. The summed E-state index contributed by atoms with van der Waals surface area (Å²) in [5.74, 6) is 0.817. The Bertz CT molecular complexity index is 191. The summed E-state index contributed by atoms with van der Waals surface area (Å²) in [5, 5.41) is 0. The summed E-state index contributed by atoms with van der Waals surface area (Å²) < 4.78 is 5.99. The van der Waals surface area contributed by atoms with Crippen LogP contribution in [0.2, 0.25) is 0 Å². The van der Waals surface area contributed by atoms with E-state index in [1.165, 1.54) is 32.1 Å². The molecule has 1 fully saturated rings. The number of rotatable bonds is 6. The summed E-state index contributed by atoms with van der Waals surface area (Å²) in [5.41, 5.74) is 5.94. The van der Waals surface area contributed by atoms with Crippen LogP contribution in [0.3, 0.4) is 0 Å². The van der Waals surface area contributed by atoms with Gasteiger partial charge in [0.1, 0.15) is 0 Å². The molecule has 0 aromatic rings. The van der Waals surface area contributed by atoms with Gasteiger partial charge in [0.15, 0.2) is 0 Å². The van der Waals surface area contributed by atoms with Gasteiger partial charge in [-0.1, -0.05) is 20.8 Å². The van der Waals surface area contributed by atoms with Gasteiger partial charge in [0.25, 0.3) is 0 Å². The SMILES string of the molecule is CC1CC(OCCCCCN)CC(C)(C)C1. The van der Waals surface area contributed by atoms with Gasteiger partial charge in [-0.3, -0.25) is 0 Å². The van der Waals surface area contributed by atoms with E-state index in [1.807, 2.05) is 0 Å². The molecule has 0 saturated heterocycles. The molecule has 0 radical (unpaired) electrons. The molecular weight excluding hydrogens is 198 g/mol. The maximum atomic E-state index is 5.99. The predicted octanol–water partition coefficient (Wildman–Crippen LogP) is 3.35. The maximum Gasteiger partial charge on any atom is 0.0582 e. The summed E-state index contributed by atoms with van der Waals surface area (Å²) in [6.45, 7) is 8.83. The van der Waals surface area contributed by atoms with Crippen molar-refractivity contribution in [2.75, 3.05) is 13.2 Å². The van der Waals surface area contributed by atoms with Crippen LogP contribution >= 0.6 is 0 Å². The Morgan fingerprint density at radius 1 is 1.19 bits per heavy atom. The first-order valence-electron chi connectivity index (χ1n) is 6.85. The fourth-order valence-electron chi connectivity index (χ4n) is 3.06. The van der Waals surface area contributed by atoms with Gasteiger partial charge >= 0.3 is 0 Å². The predicted molar refractivity (Wildman–Crippen MR) is 69.4 cm³/mol. The molecule has 2 atom stereocenters. The van der Waals surface area contributed by atoms with Gasteiger partial charge in [0, 0.05) is 6.61 Å². The molecule has 16 heavy (non-hydrogen) atoms. The Morgan fingerprint density at radius 3 is 2.56 bits per heavy atom. The minimum Gasteiger partial charge on any atom is -0.378 e. The van der Waals surface area contributed by atoms with Crippen molar-refractivity contribution in [1.82, 2.24) is 0 Å². The lowest BCUT2D eigenvalue weighted by Gasteiger charge is -2.38. The van der Waals surface area contributed by atoms with E-state index in [9.17, 15) is 0 Å². The van der Waals surface area contributed by atoms with Crippen LogP contribution in [-0.2, 0) is 4.74 Å². The Balaban J connectivity index is 2.16. The fraction of sp³-hybridized carbons (Fsp3) is 1.00. The van der Waals surface area contributed by atoms with Gasteiger partial charge < -0.3 is 10.5 Å². The lowest BCUT2D eigenvalue weighted by atomic mass is 9.71. The smallest absolute Gasteiger partial charge is 0.0582 e. The summed E-state index contributed by atoms with van der Waals surface area (Å²) >= 11 is 0. The molecule has 2 N–H and O–H groups in total. The third-order valence-electron chi connectivity index (χ3n) is 3.55. The topological polar surface area (TPSA) is 35.2 Å². The molecule has 0 aromatic heterocycles. The second-order valence-electron chi connectivity index (χ2n) is 6.26. The molecule has 0 amide bonds. The number of unbranched alkanes of at least 4 members (excludes halogenated alkanes) is 2. The monoisotopic (exact) mass is 227 g/mol. The molecule has 0 heterocycles. The highest BCUT2D eigenvalue weighted by Crippen LogP contribution is 2.39. The summed E-state index contributed by atoms with van der Waals surface area (Å²) in [6, 6.07) is 0. The average Bonchev–Trinajstić information content (AvgIpc) is 2.14. The zero-order chi connectivity index (χ0) is 12.0. The van der Waals surface area contributed by atoms with E-state index in [2.05, 4.69) is 20.8 Å². The second kappa shape index (κ2) is 6.61. The van der Waals surface area contributed by atoms with Gasteiger partial charge in [-0.05, 0) is 56.4 Å². The molecule has 0 spiro atoms. The number of hydrogen-bond donors (Lipinski definition) is 1. The Kier molecular flexibility index (Phi) is 5.77. The first-order valence-corrected chi connectivity index (χ1v) is 6.85. The molecule has 2 heteroatoms. The van der Waals surface area contributed by atoms with E-state index < -0.39 is 0 Å². The van der Waals surface area contributed by atoms with Crippen molar-refractivity contribution in [2.45, 2.75) is 65.4 Å². The lowest BCUT2D eigenvalue weighted by Crippen LogP contribution is -2.32. The first kappa shape index (κ1) is 14.0. The molecule has 2 unspecified atom stereocenters. The lowest BCUT2D eigenvalue weighted by molar-refractivity contribution is -0.0239.